The molecule has 1 aromatic carbocycles. The Kier molecular flexibility index (Phi) is 6.92. The van der Waals surface area contributed by atoms with Crippen LogP contribution >= 0.6 is 27.7 Å². The number of rotatable bonds is 7. The molecule has 1 aliphatic rings. The maximum Gasteiger partial charge on any atom is 0.262 e. The Balaban J connectivity index is 1.81. The average Bonchev–Trinajstić information content (AvgIpc) is 2.63. The molecule has 0 atom stereocenters. The summed E-state index contributed by atoms with van der Waals surface area (Å²) in [6.07, 6.45) is 3.95. The minimum Gasteiger partial charge on any atom is -0.383 e. The van der Waals surface area contributed by atoms with Crippen LogP contribution in [-0.4, -0.2) is 53.6 Å². The van der Waals surface area contributed by atoms with Crippen LogP contribution in [0.15, 0.2) is 32.6 Å². The molecule has 3 rings (SSSR count). The summed E-state index contributed by atoms with van der Waals surface area (Å²) in [5.74, 6) is 0.946. The van der Waals surface area contributed by atoms with Gasteiger partial charge in [0.25, 0.3) is 5.56 Å². The maximum absolute atomic E-state index is 12.9. The van der Waals surface area contributed by atoms with Crippen molar-refractivity contribution < 1.29 is 4.74 Å². The predicted octanol–water partition coefficient (Wildman–Crippen LogP) is 3.38. The number of thioether (sulfide) groups is 1. The fourth-order valence-corrected chi connectivity index (χ4v) is 4.50. The molecule has 25 heavy (non-hydrogen) atoms. The molecule has 0 radical (unpaired) electrons. The first-order chi connectivity index (χ1) is 12.2. The summed E-state index contributed by atoms with van der Waals surface area (Å²) in [4.78, 5) is 20.1. The number of halogens is 1. The highest BCUT2D eigenvalue weighted by molar-refractivity contribution is 9.10. The molecule has 0 N–H and O–H groups in total. The van der Waals surface area contributed by atoms with Gasteiger partial charge in [0.1, 0.15) is 0 Å². The molecular formula is C18H24BrN3O2S. The lowest BCUT2D eigenvalue weighted by Crippen LogP contribution is -2.32. The van der Waals surface area contributed by atoms with Gasteiger partial charge in [0.2, 0.25) is 0 Å². The Labute approximate surface area is 160 Å². The third-order valence-electron chi connectivity index (χ3n) is 4.49. The van der Waals surface area contributed by atoms with Crippen molar-refractivity contribution in [1.29, 1.82) is 0 Å². The molecule has 5 nitrogen and oxygen atoms in total. The molecule has 0 spiro atoms. The third-order valence-corrected chi connectivity index (χ3v) is 5.94. The molecule has 1 fully saturated rings. The van der Waals surface area contributed by atoms with Gasteiger partial charge in [-0.1, -0.05) is 34.1 Å². The first-order valence-corrected chi connectivity index (χ1v) is 10.5. The van der Waals surface area contributed by atoms with E-state index in [4.69, 9.17) is 9.72 Å². The van der Waals surface area contributed by atoms with E-state index >= 15 is 0 Å². The van der Waals surface area contributed by atoms with E-state index in [2.05, 4.69) is 20.8 Å². The normalized spacial score (nSPS) is 15.8. The van der Waals surface area contributed by atoms with Gasteiger partial charge in [0.05, 0.1) is 24.1 Å². The number of aromatic nitrogens is 2. The van der Waals surface area contributed by atoms with Crippen LogP contribution in [0.25, 0.3) is 10.9 Å². The maximum atomic E-state index is 12.9. The second-order valence-electron chi connectivity index (χ2n) is 6.26. The van der Waals surface area contributed by atoms with Crippen LogP contribution in [0.2, 0.25) is 0 Å². The van der Waals surface area contributed by atoms with Crippen molar-refractivity contribution in [2.75, 3.05) is 39.1 Å². The largest absolute Gasteiger partial charge is 0.383 e. The molecule has 2 heterocycles. The van der Waals surface area contributed by atoms with Gasteiger partial charge in [0.15, 0.2) is 5.16 Å². The van der Waals surface area contributed by atoms with E-state index in [-0.39, 0.29) is 5.56 Å². The van der Waals surface area contributed by atoms with Crippen LogP contribution in [0.5, 0.6) is 0 Å². The molecule has 2 aromatic rings. The van der Waals surface area contributed by atoms with E-state index in [0.29, 0.717) is 18.5 Å². The summed E-state index contributed by atoms with van der Waals surface area (Å²) in [6.45, 7) is 4.45. The van der Waals surface area contributed by atoms with Crippen molar-refractivity contribution in [3.8, 4) is 0 Å². The highest BCUT2D eigenvalue weighted by Crippen LogP contribution is 2.21. The van der Waals surface area contributed by atoms with E-state index < -0.39 is 0 Å². The van der Waals surface area contributed by atoms with E-state index in [1.807, 2.05) is 18.2 Å². The van der Waals surface area contributed by atoms with Gasteiger partial charge in [-0.2, -0.15) is 0 Å². The fourth-order valence-electron chi connectivity index (χ4n) is 3.11. The summed E-state index contributed by atoms with van der Waals surface area (Å²) >= 11 is 5.10. The zero-order chi connectivity index (χ0) is 17.6. The van der Waals surface area contributed by atoms with Gasteiger partial charge in [-0.05, 0) is 44.1 Å². The van der Waals surface area contributed by atoms with E-state index in [1.165, 1.54) is 32.4 Å². The lowest BCUT2D eigenvalue weighted by molar-refractivity contribution is 0.183. The van der Waals surface area contributed by atoms with Crippen LogP contribution in [0.4, 0.5) is 0 Å². The molecule has 0 unspecified atom stereocenters. The molecule has 136 valence electrons. The van der Waals surface area contributed by atoms with Crippen LogP contribution in [0.1, 0.15) is 19.3 Å². The third kappa shape index (κ3) is 4.84. The monoisotopic (exact) mass is 425 g/mol. The Morgan fingerprint density at radius 1 is 1.24 bits per heavy atom. The van der Waals surface area contributed by atoms with Gasteiger partial charge >= 0.3 is 0 Å². The molecule has 1 aliphatic heterocycles. The minimum atomic E-state index is 0.00354. The van der Waals surface area contributed by atoms with Crippen molar-refractivity contribution in [3.63, 3.8) is 0 Å². The smallest absolute Gasteiger partial charge is 0.262 e. The molecule has 1 aromatic heterocycles. The second-order valence-corrected chi connectivity index (χ2v) is 8.23. The molecule has 1 saturated heterocycles. The number of likely N-dealkylation sites (tertiary alicyclic amines) is 1. The van der Waals surface area contributed by atoms with E-state index in [9.17, 15) is 4.79 Å². The van der Waals surface area contributed by atoms with Gasteiger partial charge in [-0.3, -0.25) is 9.36 Å². The first kappa shape index (κ1) is 18.9. The highest BCUT2D eigenvalue weighted by atomic mass is 79.9. The zero-order valence-electron chi connectivity index (χ0n) is 14.5. The van der Waals surface area contributed by atoms with Crippen molar-refractivity contribution in [2.45, 2.75) is 31.0 Å². The van der Waals surface area contributed by atoms with Crippen LogP contribution < -0.4 is 5.56 Å². The SMILES string of the molecule is COCCn1c(SCCN2CCCCC2)nc2ccc(Br)cc2c1=O. The van der Waals surface area contributed by atoms with Crippen LogP contribution in [-0.2, 0) is 11.3 Å². The molecular weight excluding hydrogens is 402 g/mol. The number of hydrogen-bond donors (Lipinski definition) is 0. The van der Waals surface area contributed by atoms with Gasteiger partial charge < -0.3 is 9.64 Å². The molecule has 0 amide bonds. The van der Waals surface area contributed by atoms with Crippen molar-refractivity contribution in [2.24, 2.45) is 0 Å². The second kappa shape index (κ2) is 9.16. The number of hydrogen-bond acceptors (Lipinski definition) is 5. The first-order valence-electron chi connectivity index (χ1n) is 8.73. The van der Waals surface area contributed by atoms with Crippen LogP contribution in [0.3, 0.4) is 0 Å². The zero-order valence-corrected chi connectivity index (χ0v) is 16.9. The number of nitrogens with zero attached hydrogens (tertiary/aromatic N) is 3. The van der Waals surface area contributed by atoms with Gasteiger partial charge in [-0.25, -0.2) is 4.98 Å². The molecule has 0 bridgehead atoms. The Morgan fingerprint density at radius 3 is 2.80 bits per heavy atom. The minimum absolute atomic E-state index is 0.00354. The number of methoxy groups -OCH3 is 1. The lowest BCUT2D eigenvalue weighted by atomic mass is 10.1. The van der Waals surface area contributed by atoms with E-state index in [0.717, 1.165) is 27.4 Å². The predicted molar refractivity (Wildman–Crippen MR) is 107 cm³/mol. The summed E-state index contributed by atoms with van der Waals surface area (Å²) < 4.78 is 7.82. The standard InChI is InChI=1S/C18H24BrN3O2S/c1-24-11-9-22-17(23)15-13-14(19)5-6-16(15)20-18(22)25-12-10-21-7-3-2-4-8-21/h5-6,13H,2-4,7-12H2,1H3. The topological polar surface area (TPSA) is 47.4 Å². The van der Waals surface area contributed by atoms with Gasteiger partial charge in [0, 0.05) is 23.9 Å². The number of fused-ring (bicyclic) bond motifs is 1. The highest BCUT2D eigenvalue weighted by Gasteiger charge is 2.14. The van der Waals surface area contributed by atoms with Crippen molar-refractivity contribution >= 4 is 38.6 Å². The number of benzene rings is 1. The summed E-state index contributed by atoms with van der Waals surface area (Å²) in [5.41, 5.74) is 0.756. The Hall–Kier alpha value is -0.890. The average molecular weight is 426 g/mol. The fraction of sp³-hybridized carbons (Fsp3) is 0.556. The van der Waals surface area contributed by atoms with Crippen LogP contribution in [0, 0.1) is 0 Å². The molecule has 7 heteroatoms. The van der Waals surface area contributed by atoms with Crippen molar-refractivity contribution in [3.05, 3.63) is 33.0 Å². The summed E-state index contributed by atoms with van der Waals surface area (Å²) in [5, 5.41) is 1.43. The Morgan fingerprint density at radius 2 is 2.04 bits per heavy atom. The van der Waals surface area contributed by atoms with Crippen molar-refractivity contribution in [1.82, 2.24) is 14.5 Å². The number of ether oxygens (including phenoxy) is 1. The summed E-state index contributed by atoms with van der Waals surface area (Å²) in [7, 11) is 1.65. The van der Waals surface area contributed by atoms with Gasteiger partial charge in [-0.15, -0.1) is 0 Å². The number of piperidine rings is 1. The summed E-state index contributed by atoms with van der Waals surface area (Å²) in [6, 6.07) is 5.67. The quantitative estimate of drug-likeness (QED) is 0.502. The molecule has 0 aliphatic carbocycles. The Bertz CT molecular complexity index is 775. The molecule has 0 saturated carbocycles. The van der Waals surface area contributed by atoms with E-state index in [1.54, 1.807) is 23.4 Å². The lowest BCUT2D eigenvalue weighted by Gasteiger charge is -2.26.